The highest BCUT2D eigenvalue weighted by Gasteiger charge is 2.22. The summed E-state index contributed by atoms with van der Waals surface area (Å²) in [4.78, 5) is 2.49. The third-order valence-electron chi connectivity index (χ3n) is 10.3. The van der Waals surface area contributed by atoms with Crippen molar-refractivity contribution >= 4 is 33.1 Å². The number of anilines is 1. The van der Waals surface area contributed by atoms with Gasteiger partial charge in [0.25, 0.3) is 0 Å². The second kappa shape index (κ2) is 12.6. The number of allylic oxidation sites excluding steroid dienone is 11. The van der Waals surface area contributed by atoms with Crippen LogP contribution in [0.1, 0.15) is 37.7 Å². The van der Waals surface area contributed by atoms with E-state index in [-0.39, 0.29) is 0 Å². The van der Waals surface area contributed by atoms with Gasteiger partial charge in [-0.05, 0) is 108 Å². The molecule has 0 fully saturated rings. The zero-order valence-electron chi connectivity index (χ0n) is 27.6. The maximum absolute atomic E-state index is 2.49. The van der Waals surface area contributed by atoms with E-state index in [0.717, 1.165) is 32.1 Å². The Labute approximate surface area is 288 Å². The molecule has 0 aliphatic heterocycles. The van der Waals surface area contributed by atoms with E-state index >= 15 is 0 Å². The summed E-state index contributed by atoms with van der Waals surface area (Å²) in [5.41, 5.74) is 15.6. The predicted molar refractivity (Wildman–Crippen MR) is 208 cm³/mol. The molecule has 0 saturated carbocycles. The first-order chi connectivity index (χ1) is 24.3. The van der Waals surface area contributed by atoms with E-state index in [1.807, 2.05) is 0 Å². The zero-order valence-corrected chi connectivity index (χ0v) is 27.6. The molecule has 1 aromatic heterocycles. The Morgan fingerprint density at radius 2 is 1.12 bits per heavy atom. The molecule has 3 aliphatic carbocycles. The molecule has 236 valence electrons. The molecule has 0 amide bonds. The van der Waals surface area contributed by atoms with Crippen LogP contribution in [0.25, 0.3) is 44.2 Å². The van der Waals surface area contributed by atoms with E-state index in [2.05, 4.69) is 179 Å². The summed E-state index contributed by atoms with van der Waals surface area (Å²) >= 11 is 0. The average molecular weight is 631 g/mol. The molecule has 3 aliphatic rings. The first-order valence-corrected chi connectivity index (χ1v) is 17.5. The molecule has 0 atom stereocenters. The van der Waals surface area contributed by atoms with E-state index in [0.29, 0.717) is 0 Å². The molecule has 1 heterocycles. The fourth-order valence-corrected chi connectivity index (χ4v) is 7.78. The van der Waals surface area contributed by atoms with Crippen molar-refractivity contribution in [2.45, 2.75) is 32.1 Å². The number of hydrogen-bond acceptors (Lipinski definition) is 1. The normalized spacial score (nSPS) is 15.9. The highest BCUT2D eigenvalue weighted by Crippen LogP contribution is 2.40. The smallest absolute Gasteiger partial charge is 0.0561 e. The molecule has 5 aromatic carbocycles. The quantitative estimate of drug-likeness (QED) is 0.170. The van der Waals surface area contributed by atoms with Crippen LogP contribution in [-0.2, 0) is 0 Å². The zero-order chi connectivity index (χ0) is 32.6. The van der Waals surface area contributed by atoms with Crippen LogP contribution in [0.2, 0.25) is 0 Å². The molecule has 2 heteroatoms. The predicted octanol–water partition coefficient (Wildman–Crippen LogP) is 12.5. The van der Waals surface area contributed by atoms with E-state index in [9.17, 15) is 0 Å². The highest BCUT2D eigenvalue weighted by atomic mass is 15.2. The summed E-state index contributed by atoms with van der Waals surface area (Å²) in [7, 11) is 0. The van der Waals surface area contributed by atoms with Crippen molar-refractivity contribution in [2.24, 2.45) is 0 Å². The number of fused-ring (bicyclic) bond motifs is 3. The fourth-order valence-electron chi connectivity index (χ4n) is 7.78. The van der Waals surface area contributed by atoms with Gasteiger partial charge in [0.15, 0.2) is 0 Å². The van der Waals surface area contributed by atoms with Gasteiger partial charge in [0.1, 0.15) is 0 Å². The minimum Gasteiger partial charge on any atom is -0.314 e. The Kier molecular flexibility index (Phi) is 7.55. The summed E-state index contributed by atoms with van der Waals surface area (Å²) in [6.07, 6.45) is 21.5. The number of para-hydroxylation sites is 1. The van der Waals surface area contributed by atoms with Crippen LogP contribution >= 0.6 is 0 Å². The molecule has 0 saturated heterocycles. The molecule has 9 rings (SSSR count). The fraction of sp³-hybridized carbons (Fsp3) is 0.106. The van der Waals surface area contributed by atoms with Gasteiger partial charge in [0.2, 0.25) is 0 Å². The molecular weight excluding hydrogens is 593 g/mol. The summed E-state index contributed by atoms with van der Waals surface area (Å²) in [6.45, 7) is 0. The minimum atomic E-state index is 0.972. The van der Waals surface area contributed by atoms with E-state index in [1.165, 1.54) is 78.0 Å². The van der Waals surface area contributed by atoms with Crippen LogP contribution < -0.4 is 4.90 Å². The Morgan fingerprint density at radius 1 is 0.490 bits per heavy atom. The number of aromatic nitrogens is 1. The van der Waals surface area contributed by atoms with Gasteiger partial charge < -0.3 is 9.47 Å². The molecule has 0 radical (unpaired) electrons. The van der Waals surface area contributed by atoms with Gasteiger partial charge in [-0.15, -0.1) is 0 Å². The minimum absolute atomic E-state index is 0.972. The van der Waals surface area contributed by atoms with E-state index in [1.54, 1.807) is 0 Å². The molecule has 49 heavy (non-hydrogen) atoms. The standard InChI is InChI=1S/C47H38N2/c1-3-11-34(12-4-1)36-19-21-37(22-20-36)39-23-27-41(28-24-39)48(40-15-7-8-16-40)43-31-32-45-44-17-9-10-18-46(44)49(47(45)33-43)42-29-25-38(26-30-42)35-13-5-2-6-14-35/h1-7,9-19,21,23,25-27,29-33H,8,20,22,24,28H2. The van der Waals surface area contributed by atoms with Crippen molar-refractivity contribution < 1.29 is 0 Å². The monoisotopic (exact) mass is 630 g/mol. The maximum atomic E-state index is 2.49. The van der Waals surface area contributed by atoms with Gasteiger partial charge in [-0.1, -0.05) is 127 Å². The molecule has 0 spiro atoms. The Hall–Kier alpha value is -5.86. The van der Waals surface area contributed by atoms with Gasteiger partial charge in [0.05, 0.1) is 11.0 Å². The molecule has 6 aromatic rings. The summed E-state index contributed by atoms with van der Waals surface area (Å²) in [6, 6.07) is 46.2. The van der Waals surface area contributed by atoms with Gasteiger partial charge in [0, 0.05) is 33.5 Å². The largest absolute Gasteiger partial charge is 0.314 e. The average Bonchev–Trinajstić information content (AvgIpc) is 3.83. The highest BCUT2D eigenvalue weighted by molar-refractivity contribution is 6.10. The Balaban J connectivity index is 1.10. The van der Waals surface area contributed by atoms with Crippen LogP contribution in [0.5, 0.6) is 0 Å². The van der Waals surface area contributed by atoms with Crippen LogP contribution in [-0.4, -0.2) is 4.57 Å². The Bertz CT molecular complexity index is 2380. The van der Waals surface area contributed by atoms with Gasteiger partial charge in [-0.3, -0.25) is 0 Å². The molecule has 0 N–H and O–H groups in total. The van der Waals surface area contributed by atoms with Crippen molar-refractivity contribution in [1.29, 1.82) is 0 Å². The Morgan fingerprint density at radius 3 is 1.82 bits per heavy atom. The number of benzene rings is 5. The van der Waals surface area contributed by atoms with Crippen LogP contribution in [0, 0.1) is 0 Å². The van der Waals surface area contributed by atoms with Gasteiger partial charge in [-0.25, -0.2) is 0 Å². The number of rotatable bonds is 7. The van der Waals surface area contributed by atoms with Crippen molar-refractivity contribution in [1.82, 2.24) is 4.57 Å². The summed E-state index contributed by atoms with van der Waals surface area (Å²) in [5, 5.41) is 2.55. The molecule has 0 unspecified atom stereocenters. The lowest BCUT2D eigenvalue weighted by Crippen LogP contribution is -2.22. The molecule has 2 nitrogen and oxygen atoms in total. The van der Waals surface area contributed by atoms with Crippen molar-refractivity contribution in [3.63, 3.8) is 0 Å². The lowest BCUT2D eigenvalue weighted by atomic mass is 9.86. The topological polar surface area (TPSA) is 8.17 Å². The summed E-state index contributed by atoms with van der Waals surface area (Å²) in [5.74, 6) is 0. The lowest BCUT2D eigenvalue weighted by Gasteiger charge is -2.31. The van der Waals surface area contributed by atoms with Crippen molar-refractivity contribution in [3.05, 3.63) is 198 Å². The number of nitrogens with zero attached hydrogens (tertiary/aromatic N) is 2. The van der Waals surface area contributed by atoms with Crippen LogP contribution in [0.4, 0.5) is 5.69 Å². The molecular formula is C47H38N2. The third kappa shape index (κ3) is 5.50. The van der Waals surface area contributed by atoms with Crippen molar-refractivity contribution in [3.8, 4) is 16.8 Å². The first-order valence-electron chi connectivity index (χ1n) is 17.5. The van der Waals surface area contributed by atoms with E-state index < -0.39 is 0 Å². The van der Waals surface area contributed by atoms with Crippen LogP contribution in [0.15, 0.2) is 192 Å². The third-order valence-corrected chi connectivity index (χ3v) is 10.3. The van der Waals surface area contributed by atoms with Gasteiger partial charge in [-0.2, -0.15) is 0 Å². The summed E-state index contributed by atoms with van der Waals surface area (Å²) < 4.78 is 2.43. The molecule has 0 bridgehead atoms. The maximum Gasteiger partial charge on any atom is 0.0561 e. The lowest BCUT2D eigenvalue weighted by molar-refractivity contribution is 0.846. The van der Waals surface area contributed by atoms with E-state index in [4.69, 9.17) is 0 Å². The second-order valence-electron chi connectivity index (χ2n) is 13.2. The number of hydrogen-bond donors (Lipinski definition) is 0. The van der Waals surface area contributed by atoms with Crippen LogP contribution in [0.3, 0.4) is 0 Å². The first kappa shape index (κ1) is 29.3. The SMILES string of the molecule is C1=CC(N(C2=CC=C(C3=CC=C(c4ccccc4)CC3)CC2)c2ccc3c4ccccc4n(-c4ccc(-c5ccccc5)cc4)c3c2)=CC1. The van der Waals surface area contributed by atoms with Gasteiger partial charge >= 0.3 is 0 Å². The second-order valence-corrected chi connectivity index (χ2v) is 13.2. The van der Waals surface area contributed by atoms with Crippen molar-refractivity contribution in [2.75, 3.05) is 4.90 Å².